The van der Waals surface area contributed by atoms with Crippen LogP contribution in [0, 0.1) is 6.92 Å². The molecule has 0 aliphatic carbocycles. The first-order valence-electron chi connectivity index (χ1n) is 6.04. The van der Waals surface area contributed by atoms with Crippen molar-refractivity contribution in [1.29, 1.82) is 0 Å². The Morgan fingerprint density at radius 2 is 2.11 bits per heavy atom. The Morgan fingerprint density at radius 3 is 2.68 bits per heavy atom. The predicted molar refractivity (Wildman–Crippen MR) is 80.9 cm³/mol. The number of aromatic nitrogens is 3. The van der Waals surface area contributed by atoms with Gasteiger partial charge in [0.25, 0.3) is 0 Å². The van der Waals surface area contributed by atoms with E-state index >= 15 is 0 Å². The van der Waals surface area contributed by atoms with Crippen molar-refractivity contribution < 1.29 is 5.11 Å². The molecule has 0 aliphatic rings. The van der Waals surface area contributed by atoms with Crippen molar-refractivity contribution in [2.75, 3.05) is 0 Å². The molecular weight excluding hydrogens is 374 g/mol. The van der Waals surface area contributed by atoms with E-state index in [-0.39, 0.29) is 0 Å². The number of aliphatic hydroxyl groups is 1. The summed E-state index contributed by atoms with van der Waals surface area (Å²) >= 11 is 6.87. The highest BCUT2D eigenvalue weighted by Crippen LogP contribution is 2.26. The summed E-state index contributed by atoms with van der Waals surface area (Å²) in [5.74, 6) is 0. The molecule has 1 N–H and O–H groups in total. The molecule has 1 atom stereocenters. The van der Waals surface area contributed by atoms with E-state index in [4.69, 9.17) is 0 Å². The highest BCUT2D eigenvalue weighted by Gasteiger charge is 2.18. The molecule has 6 heteroatoms. The summed E-state index contributed by atoms with van der Waals surface area (Å²) in [5, 5.41) is 14.7. The fourth-order valence-corrected chi connectivity index (χ4v) is 2.62. The molecule has 0 aliphatic heterocycles. The molecule has 102 valence electrons. The van der Waals surface area contributed by atoms with E-state index in [1.54, 1.807) is 6.20 Å². The van der Waals surface area contributed by atoms with Gasteiger partial charge >= 0.3 is 0 Å². The van der Waals surface area contributed by atoms with E-state index in [1.165, 1.54) is 0 Å². The van der Waals surface area contributed by atoms with E-state index in [0.717, 1.165) is 26.9 Å². The van der Waals surface area contributed by atoms with Gasteiger partial charge in [-0.15, -0.1) is 0 Å². The lowest BCUT2D eigenvalue weighted by atomic mass is 10.1. The van der Waals surface area contributed by atoms with Crippen molar-refractivity contribution in [3.8, 4) is 0 Å². The average molecular weight is 389 g/mol. The molecule has 0 fully saturated rings. The van der Waals surface area contributed by atoms with Gasteiger partial charge in [0.15, 0.2) is 0 Å². The zero-order valence-corrected chi connectivity index (χ0v) is 13.9. The molecular formula is C13H15Br2N3O. The van der Waals surface area contributed by atoms with E-state index in [9.17, 15) is 5.11 Å². The van der Waals surface area contributed by atoms with E-state index < -0.39 is 6.10 Å². The number of hydrogen-bond acceptors (Lipinski definition) is 3. The molecule has 1 unspecified atom stereocenters. The molecule has 2 heterocycles. The molecule has 0 aromatic carbocycles. The molecule has 0 bridgehead atoms. The molecule has 2 aromatic rings. The van der Waals surface area contributed by atoms with Crippen molar-refractivity contribution in [2.24, 2.45) is 0 Å². The third-order valence-corrected chi connectivity index (χ3v) is 4.43. The molecule has 0 spiro atoms. The first-order valence-corrected chi connectivity index (χ1v) is 7.62. The Labute approximate surface area is 129 Å². The topological polar surface area (TPSA) is 50.9 Å². The van der Waals surface area contributed by atoms with Crippen LogP contribution in [0.4, 0.5) is 0 Å². The Morgan fingerprint density at radius 1 is 1.37 bits per heavy atom. The summed E-state index contributed by atoms with van der Waals surface area (Å²) in [4.78, 5) is 4.22. The molecule has 2 rings (SSSR count). The zero-order chi connectivity index (χ0) is 14.0. The Balaban J connectivity index is 2.23. The number of aliphatic hydroxyl groups excluding tert-OH is 1. The van der Waals surface area contributed by atoms with Gasteiger partial charge in [0.05, 0.1) is 21.6 Å². The normalized spacial score (nSPS) is 12.7. The van der Waals surface area contributed by atoms with Gasteiger partial charge in [0.2, 0.25) is 0 Å². The number of hydrogen-bond donors (Lipinski definition) is 1. The lowest BCUT2D eigenvalue weighted by Crippen LogP contribution is -2.10. The van der Waals surface area contributed by atoms with Crippen LogP contribution in [0.3, 0.4) is 0 Å². The Kier molecular flexibility index (Phi) is 4.76. The third-order valence-electron chi connectivity index (χ3n) is 2.93. The fraction of sp³-hybridized carbons (Fsp3) is 0.385. The summed E-state index contributed by atoms with van der Waals surface area (Å²) in [6, 6.07) is 3.70. The number of halogens is 2. The van der Waals surface area contributed by atoms with Gasteiger partial charge in [-0.25, -0.2) is 0 Å². The fourth-order valence-electron chi connectivity index (χ4n) is 1.94. The van der Waals surface area contributed by atoms with Crippen LogP contribution < -0.4 is 0 Å². The maximum atomic E-state index is 10.3. The SMILES string of the molecule is CCn1nc(C)c(Br)c1CC(O)c1ccc(Br)cn1. The van der Waals surface area contributed by atoms with Crippen molar-refractivity contribution in [3.05, 3.63) is 44.4 Å². The van der Waals surface area contributed by atoms with Gasteiger partial charge in [0.1, 0.15) is 6.10 Å². The molecule has 2 aromatic heterocycles. The standard InChI is InChI=1S/C13H15Br2N3O/c1-3-18-11(13(15)8(2)17-18)6-12(19)10-5-4-9(14)7-16-10/h4-5,7,12,19H,3,6H2,1-2H3. The monoisotopic (exact) mass is 387 g/mol. The van der Waals surface area contributed by atoms with Crippen LogP contribution in [0.25, 0.3) is 0 Å². The summed E-state index contributed by atoms with van der Waals surface area (Å²) in [6.07, 6.45) is 1.55. The van der Waals surface area contributed by atoms with Crippen LogP contribution in [0.1, 0.15) is 30.1 Å². The van der Waals surface area contributed by atoms with Crippen molar-refractivity contribution in [3.63, 3.8) is 0 Å². The van der Waals surface area contributed by atoms with Gasteiger partial charge in [-0.3, -0.25) is 9.67 Å². The van der Waals surface area contributed by atoms with Gasteiger partial charge < -0.3 is 5.11 Å². The van der Waals surface area contributed by atoms with Crippen molar-refractivity contribution >= 4 is 31.9 Å². The summed E-state index contributed by atoms with van der Waals surface area (Å²) < 4.78 is 3.77. The van der Waals surface area contributed by atoms with Crippen molar-refractivity contribution in [2.45, 2.75) is 32.9 Å². The second kappa shape index (κ2) is 6.15. The molecule has 0 amide bonds. The van der Waals surface area contributed by atoms with Crippen LogP contribution in [-0.2, 0) is 13.0 Å². The summed E-state index contributed by atoms with van der Waals surface area (Å²) in [7, 11) is 0. The highest BCUT2D eigenvalue weighted by atomic mass is 79.9. The number of aryl methyl sites for hydroxylation is 2. The maximum Gasteiger partial charge on any atom is 0.101 e. The minimum atomic E-state index is -0.634. The van der Waals surface area contributed by atoms with Gasteiger partial charge in [-0.05, 0) is 57.8 Å². The maximum absolute atomic E-state index is 10.3. The smallest absolute Gasteiger partial charge is 0.101 e. The van der Waals surface area contributed by atoms with Gasteiger partial charge in [-0.1, -0.05) is 0 Å². The molecule has 0 saturated carbocycles. The highest BCUT2D eigenvalue weighted by molar-refractivity contribution is 9.10. The molecule has 0 saturated heterocycles. The summed E-state index contributed by atoms with van der Waals surface area (Å²) in [6.45, 7) is 4.76. The first kappa shape index (κ1) is 14.7. The third kappa shape index (κ3) is 3.24. The van der Waals surface area contributed by atoms with Crippen molar-refractivity contribution in [1.82, 2.24) is 14.8 Å². The van der Waals surface area contributed by atoms with Crippen LogP contribution >= 0.6 is 31.9 Å². The Hall–Kier alpha value is -0.720. The van der Waals surface area contributed by atoms with Crippen LogP contribution in [0.2, 0.25) is 0 Å². The minimum Gasteiger partial charge on any atom is -0.386 e. The molecule has 19 heavy (non-hydrogen) atoms. The first-order chi connectivity index (χ1) is 9.02. The van der Waals surface area contributed by atoms with E-state index in [1.807, 2.05) is 30.7 Å². The minimum absolute atomic E-state index is 0.490. The van der Waals surface area contributed by atoms with Gasteiger partial charge in [-0.2, -0.15) is 5.10 Å². The Bertz CT molecular complexity index is 566. The largest absolute Gasteiger partial charge is 0.386 e. The molecule has 0 radical (unpaired) electrons. The zero-order valence-electron chi connectivity index (χ0n) is 10.8. The lowest BCUT2D eigenvalue weighted by Gasteiger charge is -2.12. The van der Waals surface area contributed by atoms with Gasteiger partial charge in [0, 0.05) is 23.6 Å². The predicted octanol–water partition coefficient (Wildman–Crippen LogP) is 3.41. The number of nitrogens with zero attached hydrogens (tertiary/aromatic N) is 3. The van der Waals surface area contributed by atoms with E-state index in [0.29, 0.717) is 12.1 Å². The second-order valence-corrected chi connectivity index (χ2v) is 5.99. The number of pyridine rings is 1. The van der Waals surface area contributed by atoms with Crippen LogP contribution in [0.5, 0.6) is 0 Å². The molecule has 4 nitrogen and oxygen atoms in total. The average Bonchev–Trinajstić information content (AvgIpc) is 2.67. The van der Waals surface area contributed by atoms with E-state index in [2.05, 4.69) is 41.9 Å². The van der Waals surface area contributed by atoms with Crippen LogP contribution in [-0.4, -0.2) is 19.9 Å². The van der Waals surface area contributed by atoms with Crippen LogP contribution in [0.15, 0.2) is 27.3 Å². The quantitative estimate of drug-likeness (QED) is 0.873. The number of rotatable bonds is 4. The second-order valence-electron chi connectivity index (χ2n) is 4.28. The lowest BCUT2D eigenvalue weighted by molar-refractivity contribution is 0.170. The summed E-state index contributed by atoms with van der Waals surface area (Å²) in [5.41, 5.74) is 2.60.